The van der Waals surface area contributed by atoms with E-state index in [2.05, 4.69) is 0 Å². The van der Waals surface area contributed by atoms with Gasteiger partial charge in [0.2, 0.25) is 17.1 Å². The third kappa shape index (κ3) is 4.67. The summed E-state index contributed by atoms with van der Waals surface area (Å²) in [5.41, 5.74) is -5.02. The molecule has 2 aromatic heterocycles. The molecular weight excluding hydrogens is 668 g/mol. The zero-order chi connectivity index (χ0) is 35.9. The lowest BCUT2D eigenvalue weighted by Gasteiger charge is -2.39. The van der Waals surface area contributed by atoms with Crippen molar-refractivity contribution in [3.05, 3.63) is 56.8 Å². The molecule has 3 heterocycles. The van der Waals surface area contributed by atoms with Crippen LogP contribution in [0.2, 0.25) is 0 Å². The molecule has 0 aliphatic carbocycles. The van der Waals surface area contributed by atoms with Crippen LogP contribution in [-0.2, 0) is 4.74 Å². The normalized spacial score (nSPS) is 20.9. The van der Waals surface area contributed by atoms with Gasteiger partial charge in [-0.15, -0.1) is 0 Å². The van der Waals surface area contributed by atoms with Crippen molar-refractivity contribution in [2.24, 2.45) is 0 Å². The summed E-state index contributed by atoms with van der Waals surface area (Å²) in [6.07, 6.45) is -8.57. The highest BCUT2D eigenvalue weighted by molar-refractivity contribution is 6.06. The van der Waals surface area contributed by atoms with Gasteiger partial charge >= 0.3 is 0 Å². The van der Waals surface area contributed by atoms with Gasteiger partial charge < -0.3 is 74.1 Å². The van der Waals surface area contributed by atoms with Crippen LogP contribution < -0.4 is 20.3 Å². The first kappa shape index (κ1) is 32.6. The lowest BCUT2D eigenvalue weighted by molar-refractivity contribution is -0.277. The molecule has 0 spiro atoms. The first-order valence-corrected chi connectivity index (χ1v) is 14.6. The van der Waals surface area contributed by atoms with E-state index in [1.54, 1.807) is 0 Å². The van der Waals surface area contributed by atoms with Crippen LogP contribution in [0, 0.1) is 0 Å². The Kier molecular flexibility index (Phi) is 7.54. The maximum atomic E-state index is 14.1. The fourth-order valence-corrected chi connectivity index (χ4v) is 6.08. The number of ether oxygens (including phenoxy) is 3. The topological polar surface area (TPSA) is 290 Å². The molecule has 5 unspecified atom stereocenters. The number of aliphatic hydroxyl groups is 4. The minimum absolute atomic E-state index is 0.116. The van der Waals surface area contributed by atoms with E-state index in [-0.39, 0.29) is 11.3 Å². The summed E-state index contributed by atoms with van der Waals surface area (Å²) in [7, 11) is 1.30. The van der Waals surface area contributed by atoms with Crippen molar-refractivity contribution in [3.8, 4) is 57.1 Å². The fourth-order valence-electron chi connectivity index (χ4n) is 6.08. The lowest BCUT2D eigenvalue weighted by Crippen LogP contribution is -2.60. The number of fused-ring (bicyclic) bond motifs is 4. The lowest BCUT2D eigenvalue weighted by atomic mass is 9.96. The maximum Gasteiger partial charge on any atom is 0.229 e. The Balaban J connectivity index is 1.45. The molecule has 4 aromatic carbocycles. The first-order chi connectivity index (χ1) is 23.8. The summed E-state index contributed by atoms with van der Waals surface area (Å²) in [5.74, 6) is -5.00. The molecule has 6 aromatic rings. The van der Waals surface area contributed by atoms with E-state index in [0.29, 0.717) is 0 Å². The largest absolute Gasteiger partial charge is 0.507 e. The Morgan fingerprint density at radius 2 is 1.34 bits per heavy atom. The number of benzene rings is 4. The van der Waals surface area contributed by atoms with Crippen molar-refractivity contribution in [2.45, 2.75) is 30.7 Å². The Bertz CT molecular complexity index is 2500. The zero-order valence-electron chi connectivity index (χ0n) is 25.4. The summed E-state index contributed by atoms with van der Waals surface area (Å²) >= 11 is 0. The third-order valence-corrected chi connectivity index (χ3v) is 8.56. The smallest absolute Gasteiger partial charge is 0.229 e. The Hall–Kier alpha value is -5.98. The number of hydrogen-bond donors (Lipinski definition) is 10. The average molecular weight is 695 g/mol. The first-order valence-electron chi connectivity index (χ1n) is 14.6. The van der Waals surface area contributed by atoms with Crippen molar-refractivity contribution in [3.63, 3.8) is 0 Å². The molecule has 10 N–H and O–H groups in total. The van der Waals surface area contributed by atoms with Gasteiger partial charge in [-0.05, 0) is 18.2 Å². The van der Waals surface area contributed by atoms with Gasteiger partial charge in [0.15, 0.2) is 22.7 Å². The van der Waals surface area contributed by atoms with Crippen molar-refractivity contribution in [1.82, 2.24) is 0 Å². The van der Waals surface area contributed by atoms with Crippen LogP contribution in [0.25, 0.3) is 55.0 Å². The van der Waals surface area contributed by atoms with E-state index in [4.69, 9.17) is 23.0 Å². The van der Waals surface area contributed by atoms with Crippen LogP contribution in [0.1, 0.15) is 0 Å². The molecule has 260 valence electrons. The minimum atomic E-state index is -1.89. The molecule has 1 aliphatic heterocycles. The molecule has 7 rings (SSSR count). The summed E-state index contributed by atoms with van der Waals surface area (Å²) in [6.45, 7) is -0.778. The molecule has 17 nitrogen and oxygen atoms in total. The van der Waals surface area contributed by atoms with Gasteiger partial charge in [-0.3, -0.25) is 9.59 Å². The molecule has 17 heteroatoms. The maximum absolute atomic E-state index is 14.1. The second-order valence-electron chi connectivity index (χ2n) is 11.5. The van der Waals surface area contributed by atoms with E-state index < -0.39 is 138 Å². The number of aliphatic hydroxyl groups excluding tert-OH is 4. The fraction of sp³-hybridized carbons (Fsp3) is 0.212. The van der Waals surface area contributed by atoms with Gasteiger partial charge in [0.25, 0.3) is 0 Å². The van der Waals surface area contributed by atoms with Gasteiger partial charge in [0.05, 0.1) is 19.3 Å². The molecule has 0 saturated carbocycles. The van der Waals surface area contributed by atoms with E-state index in [1.807, 2.05) is 0 Å². The predicted octanol–water partition coefficient (Wildman–Crippen LogP) is 1.29. The number of phenols is 6. The van der Waals surface area contributed by atoms with Gasteiger partial charge in [0, 0.05) is 23.8 Å². The van der Waals surface area contributed by atoms with Gasteiger partial charge in [0.1, 0.15) is 91.6 Å². The molecule has 1 aliphatic rings. The Labute approximate surface area is 276 Å². The van der Waals surface area contributed by atoms with Crippen LogP contribution in [0.15, 0.2) is 54.8 Å². The Morgan fingerprint density at radius 3 is 2.02 bits per heavy atom. The zero-order valence-corrected chi connectivity index (χ0v) is 25.4. The van der Waals surface area contributed by atoms with E-state index in [1.165, 1.54) is 13.2 Å². The summed E-state index contributed by atoms with van der Waals surface area (Å²) in [4.78, 5) is 27.6. The summed E-state index contributed by atoms with van der Waals surface area (Å²) in [6, 6.07) is 6.19. The molecular formula is C33H26O17. The number of hydrogen-bond acceptors (Lipinski definition) is 17. The van der Waals surface area contributed by atoms with Gasteiger partial charge in [-0.2, -0.15) is 0 Å². The second kappa shape index (κ2) is 11.6. The monoisotopic (exact) mass is 694 g/mol. The van der Waals surface area contributed by atoms with Crippen LogP contribution >= 0.6 is 0 Å². The van der Waals surface area contributed by atoms with Crippen LogP contribution in [0.5, 0.6) is 46.0 Å². The predicted molar refractivity (Wildman–Crippen MR) is 170 cm³/mol. The quantitative estimate of drug-likeness (QED) is 0.0898. The third-order valence-electron chi connectivity index (χ3n) is 8.56. The highest BCUT2D eigenvalue weighted by Gasteiger charge is 2.45. The molecule has 1 saturated heterocycles. The second-order valence-corrected chi connectivity index (χ2v) is 11.5. The number of methoxy groups -OCH3 is 1. The molecule has 1 fully saturated rings. The Morgan fingerprint density at radius 1 is 0.680 bits per heavy atom. The molecule has 5 atom stereocenters. The highest BCUT2D eigenvalue weighted by Crippen LogP contribution is 2.50. The average Bonchev–Trinajstić information content (AvgIpc) is 3.07. The van der Waals surface area contributed by atoms with E-state index in [9.17, 15) is 60.7 Å². The van der Waals surface area contributed by atoms with Crippen molar-refractivity contribution in [1.29, 1.82) is 0 Å². The van der Waals surface area contributed by atoms with Crippen molar-refractivity contribution < 1.29 is 74.1 Å². The van der Waals surface area contributed by atoms with Crippen molar-refractivity contribution >= 4 is 43.9 Å². The van der Waals surface area contributed by atoms with Gasteiger partial charge in [-0.25, -0.2) is 0 Å². The number of aromatic hydroxyl groups is 6. The number of rotatable bonds is 5. The van der Waals surface area contributed by atoms with Crippen LogP contribution in [0.3, 0.4) is 0 Å². The number of phenolic OH excluding ortho intramolecular Hbond substituents is 6. The minimum Gasteiger partial charge on any atom is -0.507 e. The van der Waals surface area contributed by atoms with Crippen LogP contribution in [-0.4, -0.2) is 95.5 Å². The molecule has 0 radical (unpaired) electrons. The standard InChI is InChI=1S/C33H26O17/c1-46-9-4-12(36)20-16(5-9)47-32-14(38)6-10(24(39)23(32)27(20)42)19-13(37)7-17-21(26(19)41)28(43)22-15(3-2-11(35)31(22)48-17)49-33-30(45)29(44)25(40)18(8-34)50-33/h2-7,18,25,29-30,33-41,44-45H,8H2,1H3. The highest BCUT2D eigenvalue weighted by atomic mass is 16.7. The summed E-state index contributed by atoms with van der Waals surface area (Å²) in [5, 5.41) is 104. The SMILES string of the molecule is COc1cc(O)c2c(=O)c3c(O)c(-c4c(O)cc5oc6c(O)ccc(OC7OC(CO)C(O)C(O)C7O)c6c(=O)c5c4O)cc(O)c3oc2c1. The van der Waals surface area contributed by atoms with E-state index >= 15 is 0 Å². The molecule has 50 heavy (non-hydrogen) atoms. The summed E-state index contributed by atoms with van der Waals surface area (Å²) < 4.78 is 27.4. The van der Waals surface area contributed by atoms with Gasteiger partial charge in [-0.1, -0.05) is 0 Å². The van der Waals surface area contributed by atoms with Crippen molar-refractivity contribution in [2.75, 3.05) is 13.7 Å². The van der Waals surface area contributed by atoms with Crippen LogP contribution in [0.4, 0.5) is 0 Å². The molecule has 0 amide bonds. The molecule has 0 bridgehead atoms. The van der Waals surface area contributed by atoms with E-state index in [0.717, 1.165) is 30.3 Å².